The minimum Gasteiger partial charge on any atom is -0.371 e. The van der Waals surface area contributed by atoms with Crippen LogP contribution < -0.4 is 10.2 Å². The van der Waals surface area contributed by atoms with Crippen molar-refractivity contribution in [3.8, 4) is 11.3 Å². The number of allylic oxidation sites excluding steroid dienone is 1. The first kappa shape index (κ1) is 22.5. The predicted molar refractivity (Wildman–Crippen MR) is 133 cm³/mol. The third-order valence-corrected chi connectivity index (χ3v) is 5.99. The minimum atomic E-state index is -0.127. The lowest BCUT2D eigenvalue weighted by Crippen LogP contribution is -2.29. The lowest BCUT2D eigenvalue weighted by Gasteiger charge is -2.29. The van der Waals surface area contributed by atoms with Crippen LogP contribution in [0.1, 0.15) is 24.8 Å². The third kappa shape index (κ3) is 5.39. The summed E-state index contributed by atoms with van der Waals surface area (Å²) < 4.78 is 0. The molecule has 6 nitrogen and oxygen atoms in total. The van der Waals surface area contributed by atoms with Gasteiger partial charge in [-0.1, -0.05) is 30.3 Å². The molecule has 1 N–H and O–H groups in total. The van der Waals surface area contributed by atoms with E-state index in [4.69, 9.17) is 18.2 Å². The molecule has 1 saturated heterocycles. The van der Waals surface area contributed by atoms with Gasteiger partial charge in [0.25, 0.3) is 0 Å². The maximum Gasteiger partial charge on any atom is 0.230 e. The van der Waals surface area contributed by atoms with Gasteiger partial charge < -0.3 is 10.2 Å². The highest BCUT2D eigenvalue weighted by molar-refractivity contribution is 6.31. The maximum absolute atomic E-state index is 11.8. The van der Waals surface area contributed by atoms with E-state index in [0.717, 1.165) is 18.8 Å². The monoisotopic (exact) mass is 457 g/mol. The van der Waals surface area contributed by atoms with Crippen molar-refractivity contribution in [3.63, 3.8) is 0 Å². The number of halogens is 1. The number of ketones is 1. The first-order chi connectivity index (χ1) is 16.1. The molecule has 0 atom stereocenters. The van der Waals surface area contributed by atoms with E-state index in [-0.39, 0.29) is 12.2 Å². The molecule has 0 spiro atoms. The molecule has 4 rings (SSSR count). The molecule has 0 aliphatic carbocycles. The van der Waals surface area contributed by atoms with Gasteiger partial charge in [-0.25, -0.2) is 14.8 Å². The Kier molecular flexibility index (Phi) is 7.01. The van der Waals surface area contributed by atoms with Crippen molar-refractivity contribution in [2.75, 3.05) is 23.3 Å². The van der Waals surface area contributed by atoms with Gasteiger partial charge in [0.15, 0.2) is 5.78 Å². The van der Waals surface area contributed by atoms with Gasteiger partial charge in [-0.15, -0.1) is 0 Å². The van der Waals surface area contributed by atoms with Crippen LogP contribution in [-0.4, -0.2) is 28.8 Å². The van der Waals surface area contributed by atoms with Gasteiger partial charge in [-0.2, -0.15) is 0 Å². The Morgan fingerprint density at radius 1 is 1.21 bits per heavy atom. The number of carbonyl (C=O) groups is 1. The first-order valence-corrected chi connectivity index (χ1v) is 11.3. The van der Waals surface area contributed by atoms with E-state index < -0.39 is 0 Å². The Morgan fingerprint density at radius 2 is 2.03 bits per heavy atom. The zero-order chi connectivity index (χ0) is 23.2. The Bertz CT molecular complexity index is 1230. The SMILES string of the molecule is [C-]#[N+]c1cnc(Nc2cccc(N3CCCCC3)c2)nc1-c1ccc(Cl)c(CC(=O)C=C)c1. The number of nitrogens with zero attached hydrogens (tertiary/aromatic N) is 4. The van der Waals surface area contributed by atoms with Crippen LogP contribution in [-0.2, 0) is 11.2 Å². The molecule has 3 aromatic rings. The van der Waals surface area contributed by atoms with Crippen LogP contribution in [0.25, 0.3) is 16.1 Å². The predicted octanol–water partition coefficient (Wildman–Crippen LogP) is 6.38. The fourth-order valence-corrected chi connectivity index (χ4v) is 4.09. The fourth-order valence-electron chi connectivity index (χ4n) is 3.91. The summed E-state index contributed by atoms with van der Waals surface area (Å²) in [6, 6.07) is 13.5. The van der Waals surface area contributed by atoms with Crippen LogP contribution in [0.3, 0.4) is 0 Å². The molecular weight excluding hydrogens is 434 g/mol. The number of piperidine rings is 1. The second-order valence-electron chi connectivity index (χ2n) is 7.92. The highest BCUT2D eigenvalue weighted by Gasteiger charge is 2.14. The van der Waals surface area contributed by atoms with Crippen molar-refractivity contribution >= 4 is 40.4 Å². The van der Waals surface area contributed by atoms with Crippen LogP contribution in [0.2, 0.25) is 5.02 Å². The lowest BCUT2D eigenvalue weighted by molar-refractivity contribution is -0.114. The lowest BCUT2D eigenvalue weighted by atomic mass is 10.0. The zero-order valence-corrected chi connectivity index (χ0v) is 19.0. The van der Waals surface area contributed by atoms with Crippen LogP contribution in [0.4, 0.5) is 23.0 Å². The number of nitrogens with one attached hydrogen (secondary N) is 1. The normalized spacial score (nSPS) is 13.3. The second-order valence-corrected chi connectivity index (χ2v) is 8.32. The molecule has 1 aromatic heterocycles. The van der Waals surface area contributed by atoms with Crippen molar-refractivity contribution in [1.29, 1.82) is 0 Å². The van der Waals surface area contributed by atoms with Crippen molar-refractivity contribution in [2.45, 2.75) is 25.7 Å². The summed E-state index contributed by atoms with van der Waals surface area (Å²) in [5.41, 5.74) is 4.23. The highest BCUT2D eigenvalue weighted by Crippen LogP contribution is 2.32. The molecule has 0 bridgehead atoms. The van der Waals surface area contributed by atoms with Gasteiger partial charge in [0.2, 0.25) is 11.6 Å². The van der Waals surface area contributed by atoms with Crippen LogP contribution in [0, 0.1) is 6.57 Å². The third-order valence-electron chi connectivity index (χ3n) is 5.62. The molecule has 1 aliphatic rings. The number of rotatable bonds is 7. The summed E-state index contributed by atoms with van der Waals surface area (Å²) >= 11 is 6.28. The van der Waals surface area contributed by atoms with Crippen LogP contribution >= 0.6 is 11.6 Å². The molecule has 7 heteroatoms. The van der Waals surface area contributed by atoms with Crippen molar-refractivity contribution in [3.05, 3.63) is 83.3 Å². The number of benzene rings is 2. The Morgan fingerprint density at radius 3 is 2.79 bits per heavy atom. The van der Waals surface area contributed by atoms with Crippen LogP contribution in [0.15, 0.2) is 61.3 Å². The summed E-state index contributed by atoms with van der Waals surface area (Å²) in [5, 5.41) is 3.75. The number of carbonyl (C=O) groups excluding carboxylic acids is 1. The van der Waals surface area contributed by atoms with E-state index in [1.165, 1.54) is 37.2 Å². The average molecular weight is 458 g/mol. The molecule has 2 aromatic carbocycles. The van der Waals surface area contributed by atoms with Crippen molar-refractivity contribution < 1.29 is 4.79 Å². The number of hydrogen-bond donors (Lipinski definition) is 1. The van der Waals surface area contributed by atoms with E-state index in [2.05, 4.69) is 43.7 Å². The summed E-state index contributed by atoms with van der Waals surface area (Å²) in [5.74, 6) is 0.268. The topological polar surface area (TPSA) is 62.5 Å². The van der Waals surface area contributed by atoms with Gasteiger partial charge in [-0.05, 0) is 66.8 Å². The minimum absolute atomic E-state index is 0.127. The molecule has 0 amide bonds. The molecule has 1 fully saturated rings. The Hall–Kier alpha value is -3.69. The number of anilines is 3. The average Bonchev–Trinajstić information content (AvgIpc) is 2.86. The molecule has 0 radical (unpaired) electrons. The summed E-state index contributed by atoms with van der Waals surface area (Å²) in [6.45, 7) is 13.2. The summed E-state index contributed by atoms with van der Waals surface area (Å²) in [6.07, 6.45) is 6.64. The molecule has 33 heavy (non-hydrogen) atoms. The maximum atomic E-state index is 11.8. The Labute approximate surface area is 198 Å². The molecule has 0 saturated carbocycles. The van der Waals surface area contributed by atoms with Crippen LogP contribution in [0.5, 0.6) is 0 Å². The largest absolute Gasteiger partial charge is 0.371 e. The van der Waals surface area contributed by atoms with E-state index >= 15 is 0 Å². The smallest absolute Gasteiger partial charge is 0.230 e. The molecule has 166 valence electrons. The number of aromatic nitrogens is 2. The van der Waals surface area contributed by atoms with E-state index in [1.54, 1.807) is 18.2 Å². The van der Waals surface area contributed by atoms with Gasteiger partial charge >= 0.3 is 0 Å². The van der Waals surface area contributed by atoms with E-state index in [1.807, 2.05) is 12.1 Å². The summed E-state index contributed by atoms with van der Waals surface area (Å²) in [7, 11) is 0. The van der Waals surface area contributed by atoms with Gasteiger partial charge in [0.05, 0.1) is 12.3 Å². The molecular formula is C26H24ClN5O. The number of hydrogen-bond acceptors (Lipinski definition) is 5. The highest BCUT2D eigenvalue weighted by atomic mass is 35.5. The Balaban J connectivity index is 1.63. The van der Waals surface area contributed by atoms with Gasteiger partial charge in [-0.3, -0.25) is 4.79 Å². The van der Waals surface area contributed by atoms with Gasteiger partial charge in [0, 0.05) is 42.1 Å². The van der Waals surface area contributed by atoms with E-state index in [0.29, 0.717) is 33.5 Å². The molecule has 2 heterocycles. The second kappa shape index (κ2) is 10.3. The van der Waals surface area contributed by atoms with Crippen molar-refractivity contribution in [1.82, 2.24) is 9.97 Å². The molecule has 1 aliphatic heterocycles. The van der Waals surface area contributed by atoms with Crippen molar-refractivity contribution in [2.24, 2.45) is 0 Å². The standard InChI is InChI=1S/C26H24ClN5O/c1-3-22(33)15-19-14-18(10-11-23(19)27)25-24(28-2)17-29-26(31-25)30-20-8-7-9-21(16-20)32-12-5-4-6-13-32/h3,7-11,14,16-17H,1,4-6,12-13,15H2,(H,29,30,31). The molecule has 0 unspecified atom stereocenters. The quantitative estimate of drug-likeness (QED) is 0.329. The fraction of sp³-hybridized carbons (Fsp3) is 0.231. The first-order valence-electron chi connectivity index (χ1n) is 10.9. The summed E-state index contributed by atoms with van der Waals surface area (Å²) in [4.78, 5) is 26.8. The zero-order valence-electron chi connectivity index (χ0n) is 18.2. The van der Waals surface area contributed by atoms with E-state index in [9.17, 15) is 4.79 Å². The van der Waals surface area contributed by atoms with Gasteiger partial charge in [0.1, 0.15) is 0 Å².